The Balaban J connectivity index is 1.40. The van der Waals surface area contributed by atoms with Crippen LogP contribution in [0, 0.1) is 5.41 Å². The van der Waals surface area contributed by atoms with Crippen molar-refractivity contribution in [2.45, 2.75) is 56.9 Å². The maximum atomic E-state index is 12.8. The van der Waals surface area contributed by atoms with Crippen LogP contribution >= 0.6 is 0 Å². The molecule has 3 fully saturated rings. The Bertz CT molecular complexity index is 863. The van der Waals surface area contributed by atoms with Crippen LogP contribution in [0.2, 0.25) is 0 Å². The molecular formula is C20H20N2O4. The topological polar surface area (TPSA) is 83.6 Å². The molecule has 134 valence electrons. The predicted octanol–water partition coefficient (Wildman–Crippen LogP) is 2.14. The van der Waals surface area contributed by atoms with E-state index in [-0.39, 0.29) is 18.7 Å². The predicted molar refractivity (Wildman–Crippen MR) is 91.4 cm³/mol. The van der Waals surface area contributed by atoms with E-state index in [4.69, 9.17) is 0 Å². The van der Waals surface area contributed by atoms with E-state index >= 15 is 0 Å². The molecule has 4 amide bonds. The number of fused-ring (bicyclic) bond motifs is 1. The van der Waals surface area contributed by atoms with Gasteiger partial charge in [0.2, 0.25) is 11.8 Å². The SMILES string of the molecule is O=C1CCC(N2C(=O)c3ccc(C4CC5(CCC5)C4)cc3C2=O)C(=O)N1. The highest BCUT2D eigenvalue weighted by Gasteiger charge is 2.49. The van der Waals surface area contributed by atoms with Crippen molar-refractivity contribution < 1.29 is 19.2 Å². The minimum absolute atomic E-state index is 0.138. The molecule has 2 heterocycles. The molecule has 0 aromatic heterocycles. The third-order valence-electron chi connectivity index (χ3n) is 6.71. The lowest BCUT2D eigenvalue weighted by molar-refractivity contribution is -0.136. The van der Waals surface area contributed by atoms with Crippen molar-refractivity contribution >= 4 is 23.6 Å². The Morgan fingerprint density at radius 1 is 1.00 bits per heavy atom. The molecule has 1 spiro atoms. The second kappa shape index (κ2) is 5.25. The maximum Gasteiger partial charge on any atom is 0.262 e. The molecule has 1 unspecified atom stereocenters. The van der Waals surface area contributed by atoms with Gasteiger partial charge in [-0.2, -0.15) is 0 Å². The fraction of sp³-hybridized carbons (Fsp3) is 0.500. The number of imide groups is 2. The molecule has 2 aliphatic carbocycles. The molecule has 1 saturated heterocycles. The van der Waals surface area contributed by atoms with Crippen molar-refractivity contribution in [1.29, 1.82) is 0 Å². The van der Waals surface area contributed by atoms with Gasteiger partial charge < -0.3 is 0 Å². The summed E-state index contributed by atoms with van der Waals surface area (Å²) in [7, 11) is 0. The fourth-order valence-electron chi connectivity index (χ4n) is 5.05. The summed E-state index contributed by atoms with van der Waals surface area (Å²) in [5.41, 5.74) is 2.42. The van der Waals surface area contributed by atoms with E-state index in [1.54, 1.807) is 6.07 Å². The minimum atomic E-state index is -0.898. The molecule has 5 rings (SSSR count). The lowest BCUT2D eigenvalue weighted by atomic mass is 9.50. The van der Waals surface area contributed by atoms with Gasteiger partial charge in [0.05, 0.1) is 11.1 Å². The van der Waals surface area contributed by atoms with Crippen LogP contribution in [0.3, 0.4) is 0 Å². The molecule has 1 atom stereocenters. The summed E-state index contributed by atoms with van der Waals surface area (Å²) in [5.74, 6) is -1.32. The summed E-state index contributed by atoms with van der Waals surface area (Å²) < 4.78 is 0. The van der Waals surface area contributed by atoms with E-state index in [9.17, 15) is 19.2 Å². The molecule has 2 aliphatic heterocycles. The Morgan fingerprint density at radius 2 is 1.73 bits per heavy atom. The van der Waals surface area contributed by atoms with Gasteiger partial charge in [-0.05, 0) is 61.1 Å². The largest absolute Gasteiger partial charge is 0.295 e. The number of amides is 4. The van der Waals surface area contributed by atoms with Crippen LogP contribution in [-0.4, -0.2) is 34.6 Å². The highest BCUT2D eigenvalue weighted by Crippen LogP contribution is 2.61. The number of piperidine rings is 1. The average molecular weight is 352 g/mol. The molecule has 4 aliphatic rings. The quantitative estimate of drug-likeness (QED) is 0.827. The summed E-state index contributed by atoms with van der Waals surface area (Å²) in [4.78, 5) is 50.0. The van der Waals surface area contributed by atoms with E-state index in [2.05, 4.69) is 5.32 Å². The summed E-state index contributed by atoms with van der Waals surface area (Å²) in [6, 6.07) is 4.62. The zero-order chi connectivity index (χ0) is 18.1. The molecule has 0 bridgehead atoms. The van der Waals surface area contributed by atoms with Crippen LogP contribution in [-0.2, 0) is 9.59 Å². The number of nitrogens with one attached hydrogen (secondary N) is 1. The Morgan fingerprint density at radius 3 is 2.38 bits per heavy atom. The van der Waals surface area contributed by atoms with E-state index < -0.39 is 23.8 Å². The number of benzene rings is 1. The monoisotopic (exact) mass is 352 g/mol. The maximum absolute atomic E-state index is 12.8. The Kier molecular flexibility index (Phi) is 3.18. The van der Waals surface area contributed by atoms with Crippen molar-refractivity contribution in [3.05, 3.63) is 34.9 Å². The molecular weight excluding hydrogens is 332 g/mol. The van der Waals surface area contributed by atoms with Crippen molar-refractivity contribution in [3.8, 4) is 0 Å². The number of carbonyl (C=O) groups is 4. The molecule has 26 heavy (non-hydrogen) atoms. The summed E-state index contributed by atoms with van der Waals surface area (Å²) in [6.45, 7) is 0. The molecule has 2 saturated carbocycles. The smallest absolute Gasteiger partial charge is 0.262 e. The first-order valence-corrected chi connectivity index (χ1v) is 9.33. The number of hydrogen-bond acceptors (Lipinski definition) is 4. The summed E-state index contributed by atoms with van der Waals surface area (Å²) in [5, 5.41) is 2.22. The van der Waals surface area contributed by atoms with Crippen LogP contribution in [0.25, 0.3) is 0 Å². The van der Waals surface area contributed by atoms with Crippen LogP contribution in [0.1, 0.15) is 77.1 Å². The molecule has 0 radical (unpaired) electrons. The zero-order valence-electron chi connectivity index (χ0n) is 14.4. The van der Waals surface area contributed by atoms with Crippen LogP contribution < -0.4 is 5.32 Å². The third-order valence-corrected chi connectivity index (χ3v) is 6.71. The van der Waals surface area contributed by atoms with Gasteiger partial charge in [-0.25, -0.2) is 0 Å². The number of carbonyl (C=O) groups excluding carboxylic acids is 4. The highest BCUT2D eigenvalue weighted by molar-refractivity contribution is 6.23. The first-order valence-electron chi connectivity index (χ1n) is 9.33. The number of hydrogen-bond donors (Lipinski definition) is 1. The van der Waals surface area contributed by atoms with Crippen LogP contribution in [0.4, 0.5) is 0 Å². The van der Waals surface area contributed by atoms with Gasteiger partial charge in [0.15, 0.2) is 0 Å². The number of rotatable bonds is 2. The lowest BCUT2D eigenvalue weighted by Crippen LogP contribution is -2.54. The Labute approximate surface area is 150 Å². The van der Waals surface area contributed by atoms with Gasteiger partial charge in [-0.1, -0.05) is 12.5 Å². The third kappa shape index (κ3) is 2.11. The molecule has 1 aromatic rings. The summed E-state index contributed by atoms with van der Waals surface area (Å²) >= 11 is 0. The summed E-state index contributed by atoms with van der Waals surface area (Å²) in [6.07, 6.45) is 6.62. The first-order chi connectivity index (χ1) is 12.5. The fourth-order valence-corrected chi connectivity index (χ4v) is 5.05. The van der Waals surface area contributed by atoms with Crippen LogP contribution in [0.15, 0.2) is 18.2 Å². The van der Waals surface area contributed by atoms with E-state index in [1.165, 1.54) is 32.1 Å². The van der Waals surface area contributed by atoms with Crippen molar-refractivity contribution in [2.24, 2.45) is 5.41 Å². The van der Waals surface area contributed by atoms with Gasteiger partial charge in [-0.15, -0.1) is 0 Å². The van der Waals surface area contributed by atoms with Crippen LogP contribution in [0.5, 0.6) is 0 Å². The minimum Gasteiger partial charge on any atom is -0.295 e. The van der Waals surface area contributed by atoms with Gasteiger partial charge in [-0.3, -0.25) is 29.4 Å². The van der Waals surface area contributed by atoms with E-state index in [0.29, 0.717) is 22.5 Å². The second-order valence-electron chi connectivity index (χ2n) is 8.21. The molecule has 6 nitrogen and oxygen atoms in total. The highest BCUT2D eigenvalue weighted by atomic mass is 16.2. The van der Waals surface area contributed by atoms with Gasteiger partial charge in [0.25, 0.3) is 11.8 Å². The zero-order valence-corrected chi connectivity index (χ0v) is 14.4. The van der Waals surface area contributed by atoms with Crippen molar-refractivity contribution in [1.82, 2.24) is 10.2 Å². The average Bonchev–Trinajstić information content (AvgIpc) is 2.77. The molecule has 1 aromatic carbocycles. The lowest BCUT2D eigenvalue weighted by Gasteiger charge is -2.54. The van der Waals surface area contributed by atoms with Crippen molar-refractivity contribution in [2.75, 3.05) is 0 Å². The molecule has 6 heteroatoms. The number of nitrogens with zero attached hydrogens (tertiary/aromatic N) is 1. The second-order valence-corrected chi connectivity index (χ2v) is 8.21. The molecule has 1 N–H and O–H groups in total. The first kappa shape index (κ1) is 15.7. The van der Waals surface area contributed by atoms with Gasteiger partial charge in [0.1, 0.15) is 6.04 Å². The van der Waals surface area contributed by atoms with Crippen molar-refractivity contribution in [3.63, 3.8) is 0 Å². The Hall–Kier alpha value is -2.50. The normalized spacial score (nSPS) is 27.2. The van der Waals surface area contributed by atoms with E-state index in [1.807, 2.05) is 12.1 Å². The van der Waals surface area contributed by atoms with Gasteiger partial charge >= 0.3 is 0 Å². The standard InChI is InChI=1S/C20H20N2O4/c23-16-5-4-15(17(24)21-16)22-18(25)13-3-2-11(8-14(13)19(22)26)12-9-20(10-12)6-1-7-20/h2-3,8,12,15H,1,4-7,9-10H2,(H,21,23,24). The van der Waals surface area contributed by atoms with E-state index in [0.717, 1.165) is 10.5 Å². The van der Waals surface area contributed by atoms with Gasteiger partial charge in [0, 0.05) is 6.42 Å².